The Labute approximate surface area is 86.0 Å². The molecule has 0 saturated carbocycles. The zero-order valence-electron chi connectivity index (χ0n) is 7.39. The third-order valence-corrected chi connectivity index (χ3v) is 1.32. The number of rotatable bonds is 5. The van der Waals surface area contributed by atoms with Crippen molar-refractivity contribution >= 4 is 17.5 Å². The Bertz CT molecular complexity index is 464. The summed E-state index contributed by atoms with van der Waals surface area (Å²) in [5, 5.41) is 22.4. The molecule has 0 saturated heterocycles. The summed E-state index contributed by atoms with van der Waals surface area (Å²) in [6.45, 7) is 0. The fourth-order valence-electron chi connectivity index (χ4n) is 0.749. The van der Waals surface area contributed by atoms with Gasteiger partial charge in [-0.05, 0) is 5.16 Å². The molecule has 2 heterocycles. The fourth-order valence-corrected chi connectivity index (χ4v) is 0.749. The molecule has 12 heteroatoms. The lowest BCUT2D eigenvalue weighted by Gasteiger charge is -2.04. The van der Waals surface area contributed by atoms with E-state index in [-0.39, 0.29) is 17.5 Å². The summed E-state index contributed by atoms with van der Waals surface area (Å²) >= 11 is 0. The minimum atomic E-state index is -0.928. The summed E-state index contributed by atoms with van der Waals surface area (Å²) < 4.78 is 8.54. The van der Waals surface area contributed by atoms with Crippen LogP contribution in [0, 0.1) is 10.1 Å². The quantitative estimate of drug-likeness (QED) is 0.528. The van der Waals surface area contributed by atoms with Crippen LogP contribution in [0.2, 0.25) is 0 Å². The van der Waals surface area contributed by atoms with Crippen LogP contribution in [-0.4, -0.2) is 25.7 Å². The lowest BCUT2D eigenvalue weighted by molar-refractivity contribution is -0.419. The molecule has 0 radical (unpaired) electrons. The SMILES string of the molecule is O=[N+]([O-])[N-]c1nonc1NNc1cnon1. The Hall–Kier alpha value is -2.92. The van der Waals surface area contributed by atoms with E-state index in [4.69, 9.17) is 0 Å². The van der Waals surface area contributed by atoms with Gasteiger partial charge in [-0.25, -0.2) is 9.79 Å². The largest absolute Gasteiger partial charge is 0.346 e. The normalized spacial score (nSPS) is 9.75. The Morgan fingerprint density at radius 3 is 2.88 bits per heavy atom. The molecule has 2 aromatic rings. The second-order valence-corrected chi connectivity index (χ2v) is 2.32. The van der Waals surface area contributed by atoms with Crippen LogP contribution in [0.15, 0.2) is 15.5 Å². The monoisotopic (exact) mass is 227 g/mol. The molecule has 0 aliphatic heterocycles. The molecule has 2 rings (SSSR count). The van der Waals surface area contributed by atoms with Gasteiger partial charge < -0.3 is 4.63 Å². The van der Waals surface area contributed by atoms with Gasteiger partial charge in [0.05, 0.1) is 10.9 Å². The van der Waals surface area contributed by atoms with Gasteiger partial charge in [-0.2, -0.15) is 0 Å². The first-order valence-corrected chi connectivity index (χ1v) is 3.74. The first-order chi connectivity index (χ1) is 7.75. The second kappa shape index (κ2) is 4.07. The molecule has 0 aliphatic rings. The zero-order chi connectivity index (χ0) is 11.4. The second-order valence-electron chi connectivity index (χ2n) is 2.32. The van der Waals surface area contributed by atoms with E-state index in [1.54, 1.807) is 0 Å². The van der Waals surface area contributed by atoms with E-state index in [1.807, 2.05) is 0 Å². The van der Waals surface area contributed by atoms with Gasteiger partial charge >= 0.3 is 0 Å². The Morgan fingerprint density at radius 1 is 1.31 bits per heavy atom. The van der Waals surface area contributed by atoms with Gasteiger partial charge in [-0.1, -0.05) is 10.3 Å². The van der Waals surface area contributed by atoms with E-state index < -0.39 is 5.03 Å². The molecule has 0 atom stereocenters. The first kappa shape index (κ1) is 9.63. The zero-order valence-corrected chi connectivity index (χ0v) is 7.39. The van der Waals surface area contributed by atoms with Crippen LogP contribution in [0.1, 0.15) is 0 Å². The maximum absolute atomic E-state index is 10.1. The lowest BCUT2D eigenvalue weighted by Crippen LogP contribution is -2.09. The van der Waals surface area contributed by atoms with E-state index in [0.717, 1.165) is 0 Å². The summed E-state index contributed by atoms with van der Waals surface area (Å²) in [5.74, 6) is -0.135. The average molecular weight is 227 g/mol. The summed E-state index contributed by atoms with van der Waals surface area (Å²) in [6, 6.07) is 0. The fraction of sp³-hybridized carbons (Fsp3) is 0. The van der Waals surface area contributed by atoms with E-state index in [2.05, 4.69) is 46.2 Å². The molecule has 0 amide bonds. The number of nitrogens with zero attached hydrogens (tertiary/aromatic N) is 6. The number of hydrogen-bond donors (Lipinski definition) is 2. The number of hydrazine groups is 1. The molecular formula is C4H3N8O4-. The van der Waals surface area contributed by atoms with Crippen LogP contribution in [0.3, 0.4) is 0 Å². The van der Waals surface area contributed by atoms with Gasteiger partial charge in [0.1, 0.15) is 6.20 Å². The predicted octanol–water partition coefficient (Wildman–Crippen LogP) is 0.0885. The molecule has 0 unspecified atom stereocenters. The van der Waals surface area contributed by atoms with Crippen molar-refractivity contribution in [3.05, 3.63) is 21.7 Å². The molecule has 0 bridgehead atoms. The standard InChI is InChI=1S/C4H3N8O4/c13-12(14)8-4-3(10-16-11-4)7-6-2-1-5-15-9-2/h1H,(H2-,6,7,8,9,10,11)/q-1. The molecule has 0 aliphatic carbocycles. The van der Waals surface area contributed by atoms with Crippen LogP contribution < -0.4 is 10.9 Å². The van der Waals surface area contributed by atoms with Crippen molar-refractivity contribution in [2.45, 2.75) is 0 Å². The number of nitro groups is 1. The summed E-state index contributed by atoms with van der Waals surface area (Å²) in [5.41, 5.74) is 7.81. The number of aromatic nitrogens is 4. The molecule has 12 nitrogen and oxygen atoms in total. The van der Waals surface area contributed by atoms with E-state index in [0.29, 0.717) is 0 Å². The highest BCUT2D eigenvalue weighted by Crippen LogP contribution is 2.23. The Morgan fingerprint density at radius 2 is 2.19 bits per heavy atom. The van der Waals surface area contributed by atoms with Crippen molar-refractivity contribution in [1.82, 2.24) is 20.6 Å². The molecule has 84 valence electrons. The third-order valence-electron chi connectivity index (χ3n) is 1.32. The van der Waals surface area contributed by atoms with Gasteiger partial charge in [0.25, 0.3) is 0 Å². The molecule has 2 N–H and O–H groups in total. The van der Waals surface area contributed by atoms with Crippen molar-refractivity contribution in [2.75, 3.05) is 10.9 Å². The van der Waals surface area contributed by atoms with Crippen molar-refractivity contribution in [1.29, 1.82) is 0 Å². The molecule has 2 aromatic heterocycles. The average Bonchev–Trinajstić information content (AvgIpc) is 2.84. The van der Waals surface area contributed by atoms with Gasteiger partial charge in [0.2, 0.25) is 5.82 Å². The van der Waals surface area contributed by atoms with Crippen LogP contribution in [0.25, 0.3) is 5.43 Å². The molecular weight excluding hydrogens is 224 g/mol. The minimum Gasteiger partial charge on any atom is -0.346 e. The molecule has 0 spiro atoms. The van der Waals surface area contributed by atoms with Gasteiger partial charge in [0, 0.05) is 0 Å². The van der Waals surface area contributed by atoms with Crippen LogP contribution in [0.4, 0.5) is 17.5 Å². The lowest BCUT2D eigenvalue weighted by atomic mass is 10.7. The minimum absolute atomic E-state index is 0.0697. The maximum Gasteiger partial charge on any atom is 0.209 e. The molecule has 0 aromatic carbocycles. The van der Waals surface area contributed by atoms with Crippen molar-refractivity contribution < 1.29 is 14.3 Å². The van der Waals surface area contributed by atoms with E-state index >= 15 is 0 Å². The topological polar surface area (TPSA) is 159 Å². The predicted molar refractivity (Wildman–Crippen MR) is 45.9 cm³/mol. The maximum atomic E-state index is 10.1. The molecule has 0 fully saturated rings. The van der Waals surface area contributed by atoms with Crippen molar-refractivity contribution in [3.8, 4) is 0 Å². The highest BCUT2D eigenvalue weighted by molar-refractivity contribution is 5.60. The number of anilines is 2. The Balaban J connectivity index is 1.99. The van der Waals surface area contributed by atoms with Crippen LogP contribution >= 0.6 is 0 Å². The van der Waals surface area contributed by atoms with Crippen LogP contribution in [0.5, 0.6) is 0 Å². The highest BCUT2D eigenvalue weighted by atomic mass is 16.7. The first-order valence-electron chi connectivity index (χ1n) is 3.74. The summed E-state index contributed by atoms with van der Waals surface area (Å²) in [7, 11) is 0. The number of nitrogens with one attached hydrogen (secondary N) is 2. The van der Waals surface area contributed by atoms with Crippen molar-refractivity contribution in [3.63, 3.8) is 0 Å². The van der Waals surface area contributed by atoms with Crippen molar-refractivity contribution in [2.24, 2.45) is 0 Å². The van der Waals surface area contributed by atoms with E-state index in [1.165, 1.54) is 6.20 Å². The summed E-state index contributed by atoms with van der Waals surface area (Å²) in [6.07, 6.45) is 1.27. The highest BCUT2D eigenvalue weighted by Gasteiger charge is 2.05. The van der Waals surface area contributed by atoms with Crippen LogP contribution in [-0.2, 0) is 0 Å². The number of hydrogen-bond acceptors (Lipinski definition) is 10. The van der Waals surface area contributed by atoms with Gasteiger partial charge in [0.15, 0.2) is 5.82 Å². The smallest absolute Gasteiger partial charge is 0.209 e. The van der Waals surface area contributed by atoms with E-state index in [9.17, 15) is 10.1 Å². The summed E-state index contributed by atoms with van der Waals surface area (Å²) in [4.78, 5) is 10.1. The molecule has 16 heavy (non-hydrogen) atoms. The van der Waals surface area contributed by atoms with Gasteiger partial charge in [-0.3, -0.25) is 21.0 Å². The Kier molecular flexibility index (Phi) is 2.45. The van der Waals surface area contributed by atoms with Gasteiger partial charge in [-0.15, -0.1) is 5.43 Å². The third kappa shape index (κ3) is 2.11.